The molecule has 23 heavy (non-hydrogen) atoms. The van der Waals surface area contributed by atoms with E-state index in [1.807, 2.05) is 26.0 Å². The maximum absolute atomic E-state index is 14.0. The van der Waals surface area contributed by atoms with E-state index in [4.69, 9.17) is 12.2 Å². The van der Waals surface area contributed by atoms with E-state index in [-0.39, 0.29) is 5.82 Å². The molecule has 3 rings (SSSR count). The van der Waals surface area contributed by atoms with Crippen LogP contribution in [0, 0.1) is 24.4 Å². The Balaban J connectivity index is 2.04. The van der Waals surface area contributed by atoms with E-state index in [0.717, 1.165) is 11.1 Å². The molecule has 0 fully saturated rings. The van der Waals surface area contributed by atoms with Gasteiger partial charge in [0.25, 0.3) is 0 Å². The van der Waals surface area contributed by atoms with E-state index in [1.165, 1.54) is 16.3 Å². The van der Waals surface area contributed by atoms with E-state index < -0.39 is 0 Å². The Bertz CT molecular complexity index is 940. The van der Waals surface area contributed by atoms with Crippen molar-refractivity contribution in [3.63, 3.8) is 0 Å². The summed E-state index contributed by atoms with van der Waals surface area (Å²) in [6, 6.07) is 12.5. The molecule has 6 heteroatoms. The highest BCUT2D eigenvalue weighted by atomic mass is 32.1. The molecule has 0 aliphatic heterocycles. The van der Waals surface area contributed by atoms with E-state index >= 15 is 0 Å². The Morgan fingerprint density at radius 1 is 1.22 bits per heavy atom. The van der Waals surface area contributed by atoms with Crippen molar-refractivity contribution in [1.29, 1.82) is 0 Å². The molecule has 1 heterocycles. The lowest BCUT2D eigenvalue weighted by Gasteiger charge is -2.03. The maximum Gasteiger partial charge on any atom is 0.216 e. The van der Waals surface area contributed by atoms with E-state index in [2.05, 4.69) is 21.4 Å². The van der Waals surface area contributed by atoms with Crippen molar-refractivity contribution in [2.45, 2.75) is 13.8 Å². The van der Waals surface area contributed by atoms with Gasteiger partial charge in [-0.3, -0.25) is 0 Å². The highest BCUT2D eigenvalue weighted by molar-refractivity contribution is 7.71. The molecule has 1 aromatic heterocycles. The maximum atomic E-state index is 14.0. The Labute approximate surface area is 138 Å². The summed E-state index contributed by atoms with van der Waals surface area (Å²) in [7, 11) is 0. The number of halogens is 1. The van der Waals surface area contributed by atoms with Crippen LogP contribution in [-0.2, 0) is 0 Å². The second kappa shape index (κ2) is 6.26. The van der Waals surface area contributed by atoms with Crippen LogP contribution >= 0.6 is 12.2 Å². The summed E-state index contributed by atoms with van der Waals surface area (Å²) in [6.45, 7) is 4.05. The standard InChI is InChI=1S/C17H15FN4S/c1-11-7-8-13(12(2)9-11)10-19-22-16(20-21-17(22)23)14-5-3-4-6-15(14)18/h3-10H,1-2H3,(H,21,23)/b19-10-. The predicted molar refractivity (Wildman–Crippen MR) is 91.7 cm³/mol. The minimum atomic E-state index is -0.371. The molecule has 0 spiro atoms. The molecule has 0 atom stereocenters. The van der Waals surface area contributed by atoms with Crippen LogP contribution in [0.3, 0.4) is 0 Å². The normalized spacial score (nSPS) is 11.3. The van der Waals surface area contributed by atoms with Gasteiger partial charge in [0.2, 0.25) is 4.77 Å². The first kappa shape index (κ1) is 15.3. The monoisotopic (exact) mass is 326 g/mol. The largest absolute Gasteiger partial charge is 0.250 e. The third-order valence-electron chi connectivity index (χ3n) is 3.50. The minimum Gasteiger partial charge on any atom is -0.250 e. The molecule has 4 nitrogen and oxygen atoms in total. The first-order chi connectivity index (χ1) is 11.1. The van der Waals surface area contributed by atoms with Gasteiger partial charge in [0.05, 0.1) is 11.8 Å². The molecule has 0 unspecified atom stereocenters. The molecule has 0 radical (unpaired) electrons. The summed E-state index contributed by atoms with van der Waals surface area (Å²) in [4.78, 5) is 0. The van der Waals surface area contributed by atoms with Crippen LogP contribution in [0.1, 0.15) is 16.7 Å². The van der Waals surface area contributed by atoms with Crippen LogP contribution in [-0.4, -0.2) is 21.1 Å². The Morgan fingerprint density at radius 3 is 2.74 bits per heavy atom. The van der Waals surface area contributed by atoms with Crippen LogP contribution < -0.4 is 0 Å². The average Bonchev–Trinajstić information content (AvgIpc) is 2.88. The molecular weight excluding hydrogens is 311 g/mol. The molecule has 0 amide bonds. The van der Waals surface area contributed by atoms with Crippen molar-refractivity contribution in [2.24, 2.45) is 5.10 Å². The van der Waals surface area contributed by atoms with Crippen molar-refractivity contribution in [2.75, 3.05) is 0 Å². The molecule has 0 aliphatic carbocycles. The first-order valence-electron chi connectivity index (χ1n) is 7.10. The number of aromatic amines is 1. The van der Waals surface area contributed by atoms with Crippen LogP contribution in [0.15, 0.2) is 47.6 Å². The number of benzene rings is 2. The second-order valence-electron chi connectivity index (χ2n) is 5.25. The summed E-state index contributed by atoms with van der Waals surface area (Å²) in [5.41, 5.74) is 3.61. The van der Waals surface area contributed by atoms with Gasteiger partial charge in [0, 0.05) is 0 Å². The number of nitrogens with zero attached hydrogens (tertiary/aromatic N) is 3. The summed E-state index contributed by atoms with van der Waals surface area (Å²) in [5, 5.41) is 11.1. The van der Waals surface area contributed by atoms with Gasteiger partial charge >= 0.3 is 0 Å². The van der Waals surface area contributed by atoms with Gasteiger partial charge in [-0.15, -0.1) is 0 Å². The minimum absolute atomic E-state index is 0.310. The molecule has 1 N–H and O–H groups in total. The third-order valence-corrected chi connectivity index (χ3v) is 3.77. The SMILES string of the molecule is Cc1ccc(/C=N\n2c(-c3ccccc3F)n[nH]c2=S)c(C)c1. The zero-order valence-electron chi connectivity index (χ0n) is 12.7. The number of aromatic nitrogens is 3. The van der Waals surface area contributed by atoms with Gasteiger partial charge in [-0.2, -0.15) is 14.9 Å². The van der Waals surface area contributed by atoms with Gasteiger partial charge in [0.1, 0.15) is 5.82 Å². The second-order valence-corrected chi connectivity index (χ2v) is 5.64. The number of hydrogen-bond donors (Lipinski definition) is 1. The smallest absolute Gasteiger partial charge is 0.216 e. The number of aryl methyl sites for hydroxylation is 2. The molecule has 0 bridgehead atoms. The molecule has 0 aliphatic rings. The molecule has 3 aromatic rings. The van der Waals surface area contributed by atoms with Crippen molar-refractivity contribution in [1.82, 2.24) is 14.9 Å². The fourth-order valence-corrected chi connectivity index (χ4v) is 2.49. The van der Waals surface area contributed by atoms with Crippen molar-refractivity contribution < 1.29 is 4.39 Å². The molecule has 2 aromatic carbocycles. The fraction of sp³-hybridized carbons (Fsp3) is 0.118. The highest BCUT2D eigenvalue weighted by Gasteiger charge is 2.12. The third kappa shape index (κ3) is 3.12. The number of hydrogen-bond acceptors (Lipinski definition) is 3. The fourth-order valence-electron chi connectivity index (χ4n) is 2.31. The van der Waals surface area contributed by atoms with Gasteiger partial charge < -0.3 is 0 Å². The van der Waals surface area contributed by atoms with E-state index in [9.17, 15) is 4.39 Å². The lowest BCUT2D eigenvalue weighted by molar-refractivity contribution is 0.628. The predicted octanol–water partition coefficient (Wildman–Crippen LogP) is 4.25. The van der Waals surface area contributed by atoms with Gasteiger partial charge in [-0.25, -0.2) is 9.49 Å². The molecule has 0 saturated heterocycles. The number of rotatable bonds is 3. The van der Waals surface area contributed by atoms with Crippen molar-refractivity contribution >= 4 is 18.4 Å². The lowest BCUT2D eigenvalue weighted by atomic mass is 10.1. The Kier molecular flexibility index (Phi) is 4.16. The van der Waals surface area contributed by atoms with Crippen LogP contribution in [0.5, 0.6) is 0 Å². The van der Waals surface area contributed by atoms with Gasteiger partial charge in [0.15, 0.2) is 5.82 Å². The van der Waals surface area contributed by atoms with Crippen LogP contribution in [0.2, 0.25) is 0 Å². The van der Waals surface area contributed by atoms with Crippen molar-refractivity contribution in [3.8, 4) is 11.4 Å². The zero-order valence-corrected chi connectivity index (χ0v) is 13.6. The van der Waals surface area contributed by atoms with E-state index in [1.54, 1.807) is 24.4 Å². The molecule has 116 valence electrons. The van der Waals surface area contributed by atoms with Crippen molar-refractivity contribution in [3.05, 3.63) is 69.7 Å². The zero-order chi connectivity index (χ0) is 16.4. The summed E-state index contributed by atoms with van der Waals surface area (Å²) < 4.78 is 15.7. The molecular formula is C17H15FN4S. The topological polar surface area (TPSA) is 46.0 Å². The molecule has 0 saturated carbocycles. The van der Waals surface area contributed by atoms with Gasteiger partial charge in [-0.05, 0) is 49.3 Å². The first-order valence-corrected chi connectivity index (χ1v) is 7.51. The number of nitrogens with one attached hydrogen (secondary N) is 1. The average molecular weight is 326 g/mol. The van der Waals surface area contributed by atoms with E-state index in [0.29, 0.717) is 16.2 Å². The Morgan fingerprint density at radius 2 is 2.00 bits per heavy atom. The quantitative estimate of drug-likeness (QED) is 0.578. The highest BCUT2D eigenvalue weighted by Crippen LogP contribution is 2.20. The summed E-state index contributed by atoms with van der Waals surface area (Å²) >= 11 is 5.19. The summed E-state index contributed by atoms with van der Waals surface area (Å²) in [5.74, 6) is -0.0291. The van der Waals surface area contributed by atoms with Crippen LogP contribution in [0.4, 0.5) is 4.39 Å². The van der Waals surface area contributed by atoms with Gasteiger partial charge in [-0.1, -0.05) is 35.9 Å². The number of H-pyrrole nitrogens is 1. The van der Waals surface area contributed by atoms with Crippen LogP contribution in [0.25, 0.3) is 11.4 Å². The Hall–Kier alpha value is -2.60. The summed E-state index contributed by atoms with van der Waals surface area (Å²) in [6.07, 6.45) is 1.70. The lowest BCUT2D eigenvalue weighted by Crippen LogP contribution is -1.97.